The monoisotopic (exact) mass is 382 g/mol. The first-order valence-electron chi connectivity index (χ1n) is 9.85. The summed E-state index contributed by atoms with van der Waals surface area (Å²) in [5, 5.41) is 2.91. The van der Waals surface area contributed by atoms with Crippen molar-refractivity contribution in [3.05, 3.63) is 65.7 Å². The van der Waals surface area contributed by atoms with Crippen molar-refractivity contribution in [2.24, 2.45) is 0 Å². The number of hydrogen-bond donors (Lipinski definition) is 1. The summed E-state index contributed by atoms with van der Waals surface area (Å²) < 4.78 is 5.64. The van der Waals surface area contributed by atoms with Gasteiger partial charge in [-0.2, -0.15) is 0 Å². The van der Waals surface area contributed by atoms with Crippen molar-refractivity contribution in [2.45, 2.75) is 46.2 Å². The molecule has 0 saturated carbocycles. The molecule has 0 aliphatic carbocycles. The van der Waals surface area contributed by atoms with E-state index in [1.165, 1.54) is 0 Å². The van der Waals surface area contributed by atoms with Gasteiger partial charge in [0.25, 0.3) is 5.91 Å². The zero-order valence-electron chi connectivity index (χ0n) is 17.0. The number of benzene rings is 2. The number of carbonyl (C=O) groups is 2. The number of nitrogens with zero attached hydrogens (tertiary/aromatic N) is 1. The highest BCUT2D eigenvalue weighted by Gasteiger charge is 2.28. The molecular weight excluding hydrogens is 352 g/mol. The molecule has 0 spiro atoms. The topological polar surface area (TPSA) is 58.6 Å². The maximum atomic E-state index is 13.0. The first kappa shape index (κ1) is 21.5. The van der Waals surface area contributed by atoms with E-state index in [0.29, 0.717) is 25.3 Å². The second-order valence-corrected chi connectivity index (χ2v) is 6.82. The maximum absolute atomic E-state index is 13.0. The molecule has 2 aromatic carbocycles. The van der Waals surface area contributed by atoms with Gasteiger partial charge < -0.3 is 15.0 Å². The van der Waals surface area contributed by atoms with Crippen LogP contribution in [0.4, 0.5) is 0 Å². The third-order valence-electron chi connectivity index (χ3n) is 4.51. The van der Waals surface area contributed by atoms with Gasteiger partial charge >= 0.3 is 0 Å². The molecule has 0 radical (unpaired) electrons. The number of rotatable bonds is 10. The first-order valence-corrected chi connectivity index (χ1v) is 9.85. The molecule has 0 heterocycles. The predicted molar refractivity (Wildman–Crippen MR) is 111 cm³/mol. The van der Waals surface area contributed by atoms with Crippen LogP contribution in [-0.4, -0.2) is 35.9 Å². The number of hydrogen-bond acceptors (Lipinski definition) is 3. The van der Waals surface area contributed by atoms with E-state index in [-0.39, 0.29) is 18.4 Å². The fraction of sp³-hybridized carbons (Fsp3) is 0.391. The van der Waals surface area contributed by atoms with Gasteiger partial charge in [0.15, 0.2) is 6.61 Å². The zero-order valence-corrected chi connectivity index (χ0v) is 17.0. The van der Waals surface area contributed by atoms with Gasteiger partial charge in [-0.1, -0.05) is 61.9 Å². The van der Waals surface area contributed by atoms with Crippen LogP contribution < -0.4 is 10.1 Å². The minimum Gasteiger partial charge on any atom is -0.484 e. The van der Waals surface area contributed by atoms with E-state index in [9.17, 15) is 9.59 Å². The van der Waals surface area contributed by atoms with Crippen LogP contribution in [0.5, 0.6) is 5.75 Å². The average molecular weight is 383 g/mol. The summed E-state index contributed by atoms with van der Waals surface area (Å²) in [6, 6.07) is 16.7. The smallest absolute Gasteiger partial charge is 0.261 e. The van der Waals surface area contributed by atoms with E-state index in [4.69, 9.17) is 4.74 Å². The Labute approximate surface area is 167 Å². The van der Waals surface area contributed by atoms with Gasteiger partial charge in [0, 0.05) is 13.1 Å². The van der Waals surface area contributed by atoms with Crippen LogP contribution in [0.15, 0.2) is 54.6 Å². The van der Waals surface area contributed by atoms with Crippen molar-refractivity contribution in [1.29, 1.82) is 0 Å². The molecule has 0 bridgehead atoms. The van der Waals surface area contributed by atoms with E-state index < -0.39 is 6.04 Å². The Balaban J connectivity index is 2.16. The number of carbonyl (C=O) groups excluding carboxylic acids is 2. The van der Waals surface area contributed by atoms with Crippen LogP contribution in [-0.2, 0) is 16.1 Å². The molecular formula is C23H30N2O3. The molecule has 5 nitrogen and oxygen atoms in total. The highest BCUT2D eigenvalue weighted by atomic mass is 16.5. The Bertz CT molecular complexity index is 744. The molecule has 0 aliphatic rings. The number of aryl methyl sites for hydroxylation is 1. The summed E-state index contributed by atoms with van der Waals surface area (Å²) in [5.41, 5.74) is 2.14. The van der Waals surface area contributed by atoms with Gasteiger partial charge in [-0.15, -0.1) is 0 Å². The summed E-state index contributed by atoms with van der Waals surface area (Å²) in [5.74, 6) is 0.307. The van der Waals surface area contributed by atoms with Crippen molar-refractivity contribution in [3.63, 3.8) is 0 Å². The summed E-state index contributed by atoms with van der Waals surface area (Å²) in [6.07, 6.45) is 1.39. The lowest BCUT2D eigenvalue weighted by Crippen LogP contribution is -2.50. The molecule has 150 valence electrons. The van der Waals surface area contributed by atoms with Crippen LogP contribution in [0.2, 0.25) is 0 Å². The van der Waals surface area contributed by atoms with E-state index in [1.54, 1.807) is 4.90 Å². The Morgan fingerprint density at radius 2 is 1.71 bits per heavy atom. The van der Waals surface area contributed by atoms with Crippen molar-refractivity contribution in [1.82, 2.24) is 10.2 Å². The molecule has 1 atom stereocenters. The van der Waals surface area contributed by atoms with Crippen molar-refractivity contribution in [3.8, 4) is 5.75 Å². The summed E-state index contributed by atoms with van der Waals surface area (Å²) in [7, 11) is 0. The second kappa shape index (κ2) is 11.1. The third-order valence-corrected chi connectivity index (χ3v) is 4.51. The van der Waals surface area contributed by atoms with E-state index in [0.717, 1.165) is 17.5 Å². The van der Waals surface area contributed by atoms with E-state index in [2.05, 4.69) is 5.32 Å². The van der Waals surface area contributed by atoms with Crippen molar-refractivity contribution >= 4 is 11.8 Å². The molecule has 28 heavy (non-hydrogen) atoms. The normalized spacial score (nSPS) is 11.5. The Kier molecular flexibility index (Phi) is 8.53. The summed E-state index contributed by atoms with van der Waals surface area (Å²) in [6.45, 7) is 6.81. The van der Waals surface area contributed by atoms with Gasteiger partial charge in [0.05, 0.1) is 0 Å². The average Bonchev–Trinajstić information content (AvgIpc) is 2.72. The van der Waals surface area contributed by atoms with Crippen LogP contribution in [0, 0.1) is 6.92 Å². The lowest BCUT2D eigenvalue weighted by molar-refractivity contribution is -0.143. The fourth-order valence-corrected chi connectivity index (χ4v) is 2.92. The number of nitrogens with one attached hydrogen (secondary N) is 1. The standard InChI is InChI=1S/C23H30N2O3/c1-4-15-24-23(27)21(5-2)25(16-19-13-11-18(3)12-14-19)22(26)17-28-20-9-7-6-8-10-20/h6-14,21H,4-5,15-17H2,1-3H3,(H,24,27)/t21-/m1/s1. The SMILES string of the molecule is CCCNC(=O)[C@@H](CC)N(Cc1ccc(C)cc1)C(=O)COc1ccccc1. The second-order valence-electron chi connectivity index (χ2n) is 6.82. The largest absolute Gasteiger partial charge is 0.484 e. The van der Waals surface area contributed by atoms with Crippen LogP contribution >= 0.6 is 0 Å². The molecule has 2 amide bonds. The van der Waals surface area contributed by atoms with Gasteiger partial charge in [0.1, 0.15) is 11.8 Å². The molecule has 0 fully saturated rings. The quantitative estimate of drug-likeness (QED) is 0.681. The Hall–Kier alpha value is -2.82. The lowest BCUT2D eigenvalue weighted by atomic mass is 10.1. The molecule has 2 rings (SSSR count). The minimum atomic E-state index is -0.528. The fourth-order valence-electron chi connectivity index (χ4n) is 2.92. The van der Waals surface area contributed by atoms with Crippen molar-refractivity contribution < 1.29 is 14.3 Å². The molecule has 2 aromatic rings. The Morgan fingerprint density at radius 1 is 1.04 bits per heavy atom. The van der Waals surface area contributed by atoms with Crippen LogP contribution in [0.1, 0.15) is 37.8 Å². The van der Waals surface area contributed by atoms with E-state index in [1.807, 2.05) is 75.4 Å². The van der Waals surface area contributed by atoms with Crippen LogP contribution in [0.3, 0.4) is 0 Å². The molecule has 0 unspecified atom stereocenters. The highest BCUT2D eigenvalue weighted by Crippen LogP contribution is 2.15. The Morgan fingerprint density at radius 3 is 2.32 bits per heavy atom. The molecule has 1 N–H and O–H groups in total. The lowest BCUT2D eigenvalue weighted by Gasteiger charge is -2.30. The van der Waals surface area contributed by atoms with E-state index >= 15 is 0 Å². The molecule has 5 heteroatoms. The maximum Gasteiger partial charge on any atom is 0.261 e. The third kappa shape index (κ3) is 6.41. The minimum absolute atomic E-state index is 0.104. The van der Waals surface area contributed by atoms with Gasteiger partial charge in [-0.05, 0) is 37.5 Å². The number of ether oxygens (including phenoxy) is 1. The molecule has 0 aromatic heterocycles. The number of para-hydroxylation sites is 1. The van der Waals surface area contributed by atoms with Gasteiger partial charge in [0.2, 0.25) is 5.91 Å². The van der Waals surface area contributed by atoms with Gasteiger partial charge in [-0.25, -0.2) is 0 Å². The molecule has 0 saturated heterocycles. The first-order chi connectivity index (χ1) is 13.5. The molecule has 0 aliphatic heterocycles. The van der Waals surface area contributed by atoms with Gasteiger partial charge in [-0.3, -0.25) is 9.59 Å². The number of amides is 2. The van der Waals surface area contributed by atoms with Crippen molar-refractivity contribution in [2.75, 3.05) is 13.2 Å². The predicted octanol–water partition coefficient (Wildman–Crippen LogP) is 3.71. The van der Waals surface area contributed by atoms with Crippen LogP contribution in [0.25, 0.3) is 0 Å². The zero-order chi connectivity index (χ0) is 20.4. The summed E-state index contributed by atoms with van der Waals surface area (Å²) >= 11 is 0. The summed E-state index contributed by atoms with van der Waals surface area (Å²) in [4.78, 5) is 27.3. The highest BCUT2D eigenvalue weighted by molar-refractivity contribution is 5.88.